The number of sulfonamides is 1. The molecular formula is C19H22Cl2N2O3S. The number of benzene rings is 2. The van der Waals surface area contributed by atoms with E-state index >= 15 is 0 Å². The highest BCUT2D eigenvalue weighted by molar-refractivity contribution is 7.89. The summed E-state index contributed by atoms with van der Waals surface area (Å²) in [6.45, 7) is 6.24. The van der Waals surface area contributed by atoms with Crippen molar-refractivity contribution in [2.45, 2.75) is 18.7 Å². The van der Waals surface area contributed by atoms with Crippen LogP contribution in [0.1, 0.15) is 12.5 Å². The van der Waals surface area contributed by atoms with E-state index in [0.29, 0.717) is 48.6 Å². The lowest BCUT2D eigenvalue weighted by Crippen LogP contribution is -2.48. The molecule has 2 aromatic carbocycles. The van der Waals surface area contributed by atoms with Crippen molar-refractivity contribution in [3.05, 3.63) is 52.0 Å². The van der Waals surface area contributed by atoms with Crippen molar-refractivity contribution >= 4 is 38.9 Å². The highest BCUT2D eigenvalue weighted by Gasteiger charge is 2.29. The zero-order valence-corrected chi connectivity index (χ0v) is 17.6. The first-order chi connectivity index (χ1) is 12.8. The Kier molecular flexibility index (Phi) is 6.21. The summed E-state index contributed by atoms with van der Waals surface area (Å²) in [7, 11) is -3.60. The van der Waals surface area contributed by atoms with Gasteiger partial charge in [-0.15, -0.1) is 0 Å². The van der Waals surface area contributed by atoms with Gasteiger partial charge in [0.2, 0.25) is 10.0 Å². The smallest absolute Gasteiger partial charge is 0.243 e. The SMILES string of the molecule is CCOc1cc(S(=O)(=O)N2CCN(c3cccc(Cl)c3C)CC2)ccc1Cl. The molecule has 5 nitrogen and oxygen atoms in total. The summed E-state index contributed by atoms with van der Waals surface area (Å²) in [6.07, 6.45) is 0. The summed E-state index contributed by atoms with van der Waals surface area (Å²) in [4.78, 5) is 2.36. The Morgan fingerprint density at radius 2 is 1.74 bits per heavy atom. The van der Waals surface area contributed by atoms with E-state index in [1.807, 2.05) is 32.0 Å². The van der Waals surface area contributed by atoms with Crippen LogP contribution in [0.15, 0.2) is 41.3 Å². The molecular weight excluding hydrogens is 407 g/mol. The van der Waals surface area contributed by atoms with E-state index in [1.54, 1.807) is 6.07 Å². The largest absolute Gasteiger partial charge is 0.492 e. The molecule has 0 unspecified atom stereocenters. The molecule has 1 aliphatic rings. The van der Waals surface area contributed by atoms with Crippen molar-refractivity contribution < 1.29 is 13.2 Å². The van der Waals surface area contributed by atoms with Crippen molar-refractivity contribution in [2.75, 3.05) is 37.7 Å². The van der Waals surface area contributed by atoms with Gasteiger partial charge >= 0.3 is 0 Å². The Morgan fingerprint density at radius 3 is 2.41 bits per heavy atom. The fraction of sp³-hybridized carbons (Fsp3) is 0.368. The number of rotatable bonds is 5. The molecule has 0 aromatic heterocycles. The van der Waals surface area contributed by atoms with Crippen molar-refractivity contribution in [3.63, 3.8) is 0 Å². The predicted octanol–water partition coefficient (Wildman–Crippen LogP) is 4.21. The molecule has 1 saturated heterocycles. The van der Waals surface area contributed by atoms with Crippen LogP contribution >= 0.6 is 23.2 Å². The molecule has 8 heteroatoms. The minimum Gasteiger partial charge on any atom is -0.492 e. The molecule has 0 atom stereocenters. The molecule has 0 N–H and O–H groups in total. The third-order valence-corrected chi connectivity index (χ3v) is 7.28. The van der Waals surface area contributed by atoms with Gasteiger partial charge in [0.25, 0.3) is 0 Å². The van der Waals surface area contributed by atoms with Crippen LogP contribution in [0.25, 0.3) is 0 Å². The lowest BCUT2D eigenvalue weighted by atomic mass is 10.1. The maximum atomic E-state index is 13.0. The molecule has 146 valence electrons. The molecule has 1 aliphatic heterocycles. The van der Waals surface area contributed by atoms with Crippen LogP contribution in [0.5, 0.6) is 5.75 Å². The lowest BCUT2D eigenvalue weighted by molar-refractivity contribution is 0.339. The fourth-order valence-corrected chi connectivity index (χ4v) is 4.95. The van der Waals surface area contributed by atoms with Crippen molar-refractivity contribution in [1.82, 2.24) is 4.31 Å². The van der Waals surface area contributed by atoms with E-state index < -0.39 is 10.0 Å². The van der Waals surface area contributed by atoms with E-state index in [-0.39, 0.29) is 4.90 Å². The normalized spacial score (nSPS) is 15.8. The molecule has 1 heterocycles. The van der Waals surface area contributed by atoms with Gasteiger partial charge in [-0.3, -0.25) is 0 Å². The third-order valence-electron chi connectivity index (χ3n) is 4.66. The number of anilines is 1. The lowest BCUT2D eigenvalue weighted by Gasteiger charge is -2.36. The van der Waals surface area contributed by atoms with Gasteiger partial charge in [0, 0.05) is 43.0 Å². The Hall–Kier alpha value is -1.47. The average molecular weight is 429 g/mol. The van der Waals surface area contributed by atoms with Crippen molar-refractivity contribution in [2.24, 2.45) is 0 Å². The van der Waals surface area contributed by atoms with Gasteiger partial charge in [0.15, 0.2) is 0 Å². The molecule has 1 fully saturated rings. The fourth-order valence-electron chi connectivity index (χ4n) is 3.17. The molecule has 0 amide bonds. The number of nitrogens with zero attached hydrogens (tertiary/aromatic N) is 2. The maximum Gasteiger partial charge on any atom is 0.243 e. The first-order valence-corrected chi connectivity index (χ1v) is 11.0. The molecule has 0 spiro atoms. The first-order valence-electron chi connectivity index (χ1n) is 8.77. The van der Waals surface area contributed by atoms with Gasteiger partial charge in [-0.2, -0.15) is 4.31 Å². The van der Waals surface area contributed by atoms with Crippen molar-refractivity contribution in [1.29, 1.82) is 0 Å². The second-order valence-corrected chi connectivity index (χ2v) is 9.05. The van der Waals surface area contributed by atoms with Gasteiger partial charge in [0.05, 0.1) is 16.5 Å². The van der Waals surface area contributed by atoms with Gasteiger partial charge in [-0.25, -0.2) is 8.42 Å². The van der Waals surface area contributed by atoms with Crippen LogP contribution in [0.2, 0.25) is 10.0 Å². The Morgan fingerprint density at radius 1 is 1.04 bits per heavy atom. The van der Waals surface area contributed by atoms with Gasteiger partial charge in [-0.05, 0) is 43.7 Å². The molecule has 3 rings (SSSR count). The van der Waals surface area contributed by atoms with Crippen LogP contribution in [0.4, 0.5) is 5.69 Å². The Balaban J connectivity index is 1.77. The van der Waals surface area contributed by atoms with Crippen molar-refractivity contribution in [3.8, 4) is 5.75 Å². The molecule has 0 radical (unpaired) electrons. The highest BCUT2D eigenvalue weighted by atomic mass is 35.5. The Bertz CT molecular complexity index is 927. The Labute approximate surface area is 170 Å². The number of hydrogen-bond donors (Lipinski definition) is 0. The summed E-state index contributed by atoms with van der Waals surface area (Å²) in [6, 6.07) is 10.4. The van der Waals surface area contributed by atoms with E-state index in [2.05, 4.69) is 4.90 Å². The van der Waals surface area contributed by atoms with Crippen LogP contribution in [0, 0.1) is 6.92 Å². The van der Waals surface area contributed by atoms with E-state index in [1.165, 1.54) is 16.4 Å². The van der Waals surface area contributed by atoms with E-state index in [4.69, 9.17) is 27.9 Å². The average Bonchev–Trinajstić information content (AvgIpc) is 2.66. The second kappa shape index (κ2) is 8.27. The second-order valence-electron chi connectivity index (χ2n) is 6.30. The molecule has 27 heavy (non-hydrogen) atoms. The van der Waals surface area contributed by atoms with E-state index in [0.717, 1.165) is 11.3 Å². The topological polar surface area (TPSA) is 49.9 Å². The number of halogens is 2. The summed E-state index contributed by atoms with van der Waals surface area (Å²) in [5.41, 5.74) is 2.05. The van der Waals surface area contributed by atoms with Crippen LogP contribution < -0.4 is 9.64 Å². The zero-order valence-electron chi connectivity index (χ0n) is 15.3. The van der Waals surface area contributed by atoms with Gasteiger partial charge < -0.3 is 9.64 Å². The summed E-state index contributed by atoms with van der Waals surface area (Å²) in [5, 5.41) is 1.12. The standard InChI is InChI=1S/C19H22Cl2N2O3S/c1-3-26-19-13-15(7-8-17(19)21)27(24,25)23-11-9-22(10-12-23)18-6-4-5-16(20)14(18)2/h4-8,13H,3,9-12H2,1-2H3. The third kappa shape index (κ3) is 4.19. The number of hydrogen-bond acceptors (Lipinski definition) is 4. The predicted molar refractivity (Wildman–Crippen MR) is 110 cm³/mol. The molecule has 0 aliphatic carbocycles. The minimum absolute atomic E-state index is 0.197. The van der Waals surface area contributed by atoms with Crippen LogP contribution in [0.3, 0.4) is 0 Å². The molecule has 2 aromatic rings. The summed E-state index contributed by atoms with van der Waals surface area (Å²) < 4.78 is 32.9. The van der Waals surface area contributed by atoms with Crippen LogP contribution in [-0.4, -0.2) is 45.5 Å². The monoisotopic (exact) mass is 428 g/mol. The first kappa shape index (κ1) is 20.3. The number of piperazine rings is 1. The minimum atomic E-state index is -3.60. The van der Waals surface area contributed by atoms with Crippen LogP contribution in [-0.2, 0) is 10.0 Å². The van der Waals surface area contributed by atoms with Gasteiger partial charge in [-0.1, -0.05) is 29.3 Å². The highest BCUT2D eigenvalue weighted by Crippen LogP contribution is 2.31. The summed E-state index contributed by atoms with van der Waals surface area (Å²) in [5.74, 6) is 0.383. The maximum absolute atomic E-state index is 13.0. The summed E-state index contributed by atoms with van der Waals surface area (Å²) >= 11 is 12.3. The quantitative estimate of drug-likeness (QED) is 0.715. The molecule has 0 bridgehead atoms. The van der Waals surface area contributed by atoms with Gasteiger partial charge in [0.1, 0.15) is 5.75 Å². The number of ether oxygens (including phenoxy) is 1. The van der Waals surface area contributed by atoms with E-state index in [9.17, 15) is 8.42 Å². The molecule has 0 saturated carbocycles. The zero-order chi connectivity index (χ0) is 19.6.